The molecule has 4 aliphatic rings. The van der Waals surface area contributed by atoms with Crippen LogP contribution in [0.5, 0.6) is 11.6 Å². The summed E-state index contributed by atoms with van der Waals surface area (Å²) in [7, 11) is 1.50. The number of halogens is 2. The number of carbonyl (C=O) groups excluding carboxylic acids is 3. The number of ketones is 1. The summed E-state index contributed by atoms with van der Waals surface area (Å²) in [5, 5.41) is 2.79. The van der Waals surface area contributed by atoms with Gasteiger partial charge in [0.15, 0.2) is 11.5 Å². The summed E-state index contributed by atoms with van der Waals surface area (Å²) >= 11 is 0. The van der Waals surface area contributed by atoms with Gasteiger partial charge in [0.2, 0.25) is 11.8 Å². The highest BCUT2D eigenvalue weighted by Crippen LogP contribution is 2.59. The molecule has 244 valence electrons. The third kappa shape index (κ3) is 5.69. The molecule has 0 spiro atoms. The van der Waals surface area contributed by atoms with Crippen molar-refractivity contribution in [1.29, 1.82) is 0 Å². The van der Waals surface area contributed by atoms with Crippen LogP contribution in [-0.4, -0.2) is 70.1 Å². The van der Waals surface area contributed by atoms with Crippen LogP contribution in [0.1, 0.15) is 72.9 Å². The monoisotopic (exact) mass is 628 g/mol. The van der Waals surface area contributed by atoms with Gasteiger partial charge in [-0.3, -0.25) is 9.59 Å². The predicted octanol–water partition coefficient (Wildman–Crippen LogP) is 5.26. The van der Waals surface area contributed by atoms with Crippen LogP contribution in [0.4, 0.5) is 13.6 Å². The first kappa shape index (κ1) is 31.4. The van der Waals surface area contributed by atoms with Gasteiger partial charge in [-0.15, -0.1) is 0 Å². The summed E-state index contributed by atoms with van der Waals surface area (Å²) in [4.78, 5) is 50.6. The normalized spacial score (nSPS) is 34.6. The van der Waals surface area contributed by atoms with Gasteiger partial charge in [-0.1, -0.05) is 27.7 Å². The average Bonchev–Trinajstić information content (AvgIpc) is 3.84. The molecule has 1 aromatic heterocycles. The van der Waals surface area contributed by atoms with Crippen LogP contribution in [0.15, 0.2) is 18.2 Å². The molecular formula is C33H42F2N4O6. The zero-order valence-corrected chi connectivity index (χ0v) is 26.9. The number of nitrogens with one attached hydrogen (secondary N) is 1. The molecule has 6 rings (SSSR count). The quantitative estimate of drug-likeness (QED) is 0.478. The van der Waals surface area contributed by atoms with E-state index in [-0.39, 0.29) is 35.6 Å². The lowest BCUT2D eigenvalue weighted by Gasteiger charge is -2.35. The number of benzene rings is 1. The number of Topliss-reactive ketones (excluding diaryl/α,β-unsaturated/α-hetero) is 1. The van der Waals surface area contributed by atoms with E-state index in [1.807, 2.05) is 27.7 Å². The van der Waals surface area contributed by atoms with Gasteiger partial charge in [0.25, 0.3) is 5.92 Å². The SMILES string of the molecule is COc1ccc2nc3c(nc2c1)O[C@H]1CN(C(=O)[C@H](C(C)(C)C)NC(=O)O[C@]2(C)C[C@H]2CCC2CC2C3(F)F)[C@H](C(C)=O)[C@@H]1C. The Morgan fingerprint density at radius 2 is 1.89 bits per heavy atom. The van der Waals surface area contributed by atoms with Crippen LogP contribution < -0.4 is 14.8 Å². The largest absolute Gasteiger partial charge is 0.497 e. The summed E-state index contributed by atoms with van der Waals surface area (Å²) in [5.74, 6) is -5.59. The van der Waals surface area contributed by atoms with Gasteiger partial charge in [0.1, 0.15) is 23.5 Å². The molecule has 1 saturated heterocycles. The van der Waals surface area contributed by atoms with Crippen molar-refractivity contribution in [3.63, 3.8) is 0 Å². The summed E-state index contributed by atoms with van der Waals surface area (Å²) < 4.78 is 50.1. The number of nitrogens with zero attached hydrogens (tertiary/aromatic N) is 3. The topological polar surface area (TPSA) is 120 Å². The number of methoxy groups -OCH3 is 1. The van der Waals surface area contributed by atoms with E-state index >= 15 is 8.78 Å². The number of rotatable bonds is 2. The van der Waals surface area contributed by atoms with Crippen LogP contribution >= 0.6 is 0 Å². The van der Waals surface area contributed by atoms with Crippen LogP contribution in [0, 0.1) is 29.1 Å². The number of fused-ring (bicyclic) bond motifs is 6. The molecule has 2 bridgehead atoms. The lowest BCUT2D eigenvalue weighted by atomic mass is 9.85. The fourth-order valence-electron chi connectivity index (χ4n) is 7.25. The van der Waals surface area contributed by atoms with E-state index in [2.05, 4.69) is 15.3 Å². The Kier molecular flexibility index (Phi) is 7.51. The minimum absolute atomic E-state index is 0.0393. The Hall–Kier alpha value is -3.57. The Morgan fingerprint density at radius 1 is 1.16 bits per heavy atom. The summed E-state index contributed by atoms with van der Waals surface area (Å²) in [6.45, 7) is 10.4. The van der Waals surface area contributed by atoms with Crippen molar-refractivity contribution >= 4 is 28.8 Å². The van der Waals surface area contributed by atoms with E-state index in [1.165, 1.54) is 18.9 Å². The van der Waals surface area contributed by atoms with Crippen molar-refractivity contribution in [3.8, 4) is 11.6 Å². The van der Waals surface area contributed by atoms with Crippen molar-refractivity contribution in [2.75, 3.05) is 13.7 Å². The number of hydrogen-bond acceptors (Lipinski definition) is 8. The number of hydrogen-bond donors (Lipinski definition) is 1. The number of carbonyl (C=O) groups is 3. The Bertz CT molecular complexity index is 1550. The number of alkyl halides is 2. The van der Waals surface area contributed by atoms with Crippen molar-refractivity contribution in [2.24, 2.45) is 29.1 Å². The molecule has 2 aliphatic heterocycles. The highest BCUT2D eigenvalue weighted by molar-refractivity contribution is 5.92. The van der Waals surface area contributed by atoms with E-state index in [1.54, 1.807) is 25.1 Å². The predicted molar refractivity (Wildman–Crippen MR) is 160 cm³/mol. The first-order chi connectivity index (χ1) is 21.0. The lowest BCUT2D eigenvalue weighted by Crippen LogP contribution is -2.57. The molecule has 3 fully saturated rings. The second-order valence-electron chi connectivity index (χ2n) is 14.6. The Labute approximate surface area is 261 Å². The van der Waals surface area contributed by atoms with E-state index < -0.39 is 64.7 Å². The Morgan fingerprint density at radius 3 is 2.56 bits per heavy atom. The fourth-order valence-corrected chi connectivity index (χ4v) is 7.25. The third-order valence-electron chi connectivity index (χ3n) is 10.2. The van der Waals surface area contributed by atoms with Crippen molar-refractivity contribution in [3.05, 3.63) is 23.9 Å². The van der Waals surface area contributed by atoms with Crippen molar-refractivity contribution < 1.29 is 37.4 Å². The lowest BCUT2D eigenvalue weighted by molar-refractivity contribution is -0.141. The number of alkyl carbamates (subject to hydrolysis) is 1. The molecule has 2 saturated carbocycles. The minimum atomic E-state index is -3.33. The van der Waals surface area contributed by atoms with Gasteiger partial charge in [0.05, 0.1) is 30.7 Å². The van der Waals surface area contributed by atoms with Crippen LogP contribution in [0.2, 0.25) is 0 Å². The zero-order chi connectivity index (χ0) is 32.6. The molecule has 2 unspecified atom stereocenters. The zero-order valence-electron chi connectivity index (χ0n) is 26.9. The maximum atomic E-state index is 16.4. The molecule has 3 heterocycles. The van der Waals surface area contributed by atoms with E-state index in [9.17, 15) is 14.4 Å². The number of ether oxygens (including phenoxy) is 3. The molecule has 10 nitrogen and oxygen atoms in total. The van der Waals surface area contributed by atoms with E-state index in [0.717, 1.165) is 0 Å². The van der Waals surface area contributed by atoms with Crippen molar-refractivity contribution in [2.45, 2.75) is 96.9 Å². The highest BCUT2D eigenvalue weighted by atomic mass is 19.3. The number of amides is 2. The molecular weight excluding hydrogens is 586 g/mol. The van der Waals surface area contributed by atoms with Crippen LogP contribution in [0.25, 0.3) is 11.0 Å². The number of aromatic nitrogens is 2. The van der Waals surface area contributed by atoms with Gasteiger partial charge < -0.3 is 24.4 Å². The molecule has 2 aromatic rings. The smallest absolute Gasteiger partial charge is 0.408 e. The molecule has 0 radical (unpaired) electrons. The second-order valence-corrected chi connectivity index (χ2v) is 14.6. The van der Waals surface area contributed by atoms with Gasteiger partial charge in [0, 0.05) is 23.8 Å². The van der Waals surface area contributed by atoms with Gasteiger partial charge in [-0.25, -0.2) is 14.8 Å². The van der Waals surface area contributed by atoms with E-state index in [0.29, 0.717) is 36.9 Å². The van der Waals surface area contributed by atoms with Gasteiger partial charge in [-0.2, -0.15) is 8.78 Å². The maximum Gasteiger partial charge on any atom is 0.408 e. The summed E-state index contributed by atoms with van der Waals surface area (Å²) in [5.41, 5.74) is -1.39. The molecule has 1 aromatic carbocycles. The fraction of sp³-hybridized carbons (Fsp3) is 0.667. The Balaban J connectivity index is 1.43. The summed E-state index contributed by atoms with van der Waals surface area (Å²) in [6.07, 6.45) is 0.609. The molecule has 45 heavy (non-hydrogen) atoms. The third-order valence-corrected chi connectivity index (χ3v) is 10.2. The van der Waals surface area contributed by atoms with Gasteiger partial charge >= 0.3 is 6.09 Å². The molecule has 1 N–H and O–H groups in total. The average molecular weight is 629 g/mol. The first-order valence-electron chi connectivity index (χ1n) is 15.7. The first-order valence-corrected chi connectivity index (χ1v) is 15.7. The highest BCUT2D eigenvalue weighted by Gasteiger charge is 2.60. The van der Waals surface area contributed by atoms with Crippen molar-refractivity contribution in [1.82, 2.24) is 20.2 Å². The maximum absolute atomic E-state index is 16.4. The summed E-state index contributed by atoms with van der Waals surface area (Å²) in [6, 6.07) is 2.92. The van der Waals surface area contributed by atoms with E-state index in [4.69, 9.17) is 14.2 Å². The van der Waals surface area contributed by atoms with Crippen LogP contribution in [-0.2, 0) is 20.2 Å². The van der Waals surface area contributed by atoms with Crippen LogP contribution in [0.3, 0.4) is 0 Å². The van der Waals surface area contributed by atoms with Gasteiger partial charge in [-0.05, 0) is 63.0 Å². The standard InChI is InChI=1S/C33H42F2N4O6/c1-16-24-15-39(25(16)17(2)40)29(41)27(31(3,4)5)38-30(42)45-32(6)14-19(32)9-8-18-12-21(18)33(34,35)26-28(44-24)37-23-13-20(43-7)10-11-22(23)36-26/h10-11,13,16,18-19,21,24-25,27H,8-9,12,14-15H2,1-7H3,(H,38,42)/t16-,18?,19-,21?,24+,25+,27-,32-/m1/s1. The minimum Gasteiger partial charge on any atom is -0.497 e. The molecule has 2 aliphatic carbocycles. The molecule has 2 amide bonds. The molecule has 8 atom stereocenters. The second kappa shape index (κ2) is 10.8. The molecule has 12 heteroatoms.